The van der Waals surface area contributed by atoms with E-state index in [0.717, 1.165) is 28.8 Å². The van der Waals surface area contributed by atoms with Crippen molar-refractivity contribution in [2.24, 2.45) is 0 Å². The van der Waals surface area contributed by atoms with Gasteiger partial charge < -0.3 is 20.0 Å². The second-order valence-electron chi connectivity index (χ2n) is 6.33. The van der Waals surface area contributed by atoms with Crippen molar-refractivity contribution < 1.29 is 9.59 Å². The molecule has 144 valence electrons. The Bertz CT molecular complexity index is 833. The Labute approximate surface area is 163 Å². The summed E-state index contributed by atoms with van der Waals surface area (Å²) >= 11 is 1.56. The monoisotopic (exact) mass is 387 g/mol. The number of amides is 2. The number of aromatic nitrogens is 1. The third-order valence-corrected chi connectivity index (χ3v) is 5.92. The summed E-state index contributed by atoms with van der Waals surface area (Å²) in [6.07, 6.45) is 1.45. The third-order valence-electron chi connectivity index (χ3n) is 4.82. The predicted molar refractivity (Wildman–Crippen MR) is 108 cm³/mol. The summed E-state index contributed by atoms with van der Waals surface area (Å²) in [4.78, 5) is 36.4. The van der Waals surface area contributed by atoms with E-state index in [4.69, 9.17) is 0 Å². The van der Waals surface area contributed by atoms with E-state index < -0.39 is 0 Å². The van der Waals surface area contributed by atoms with Crippen molar-refractivity contribution in [2.45, 2.75) is 20.0 Å². The van der Waals surface area contributed by atoms with E-state index in [0.29, 0.717) is 5.56 Å². The number of nitrogens with one attached hydrogen (secondary N) is 1. The molecule has 27 heavy (non-hydrogen) atoms. The van der Waals surface area contributed by atoms with Crippen LogP contribution in [0.15, 0.2) is 30.5 Å². The molecule has 2 heterocycles. The molecule has 0 fully saturated rings. The minimum absolute atomic E-state index is 0.0541. The Morgan fingerprint density at radius 2 is 2.00 bits per heavy atom. The van der Waals surface area contributed by atoms with Gasteiger partial charge in [-0.1, -0.05) is 23.5 Å². The first-order valence-electron chi connectivity index (χ1n) is 9.05. The van der Waals surface area contributed by atoms with E-state index in [1.807, 2.05) is 29.3 Å². The summed E-state index contributed by atoms with van der Waals surface area (Å²) < 4.78 is 0. The third kappa shape index (κ3) is 3.49. The van der Waals surface area contributed by atoms with Gasteiger partial charge >= 0.3 is 0 Å². The van der Waals surface area contributed by atoms with E-state index in [1.54, 1.807) is 36.4 Å². The number of benzene rings is 1. The van der Waals surface area contributed by atoms with Crippen molar-refractivity contribution in [1.29, 1.82) is 0 Å². The molecule has 2 amide bonds. The van der Waals surface area contributed by atoms with Crippen LogP contribution in [-0.4, -0.2) is 55.4 Å². The number of fused-ring (bicyclic) bond motifs is 1. The minimum Gasteiger partial charge on any atom is -0.358 e. The predicted octanol–water partition coefficient (Wildman–Crippen LogP) is 2.33. The van der Waals surface area contributed by atoms with Crippen LogP contribution in [0.3, 0.4) is 0 Å². The first-order valence-corrected chi connectivity index (χ1v) is 9.87. The second-order valence-corrected chi connectivity index (χ2v) is 7.37. The summed E-state index contributed by atoms with van der Waals surface area (Å²) in [6, 6.07) is 7.42. The van der Waals surface area contributed by atoms with Crippen LogP contribution in [-0.2, 0) is 4.79 Å². The number of carbonyl (C=O) groups excluding carboxylic acids is 2. The van der Waals surface area contributed by atoms with Gasteiger partial charge in [-0.2, -0.15) is 0 Å². The maximum Gasteiger partial charge on any atom is 0.257 e. The van der Waals surface area contributed by atoms with Gasteiger partial charge in [0.2, 0.25) is 5.91 Å². The SMILES string of the molecule is CCN(CC)c1ncc(C2N(C)C(=O)c3ccccc3N2CC(=O)NC)s1. The fourth-order valence-electron chi connectivity index (χ4n) is 3.33. The van der Waals surface area contributed by atoms with E-state index in [9.17, 15) is 9.59 Å². The number of nitrogens with zero attached hydrogens (tertiary/aromatic N) is 4. The molecule has 1 N–H and O–H groups in total. The Morgan fingerprint density at radius 1 is 1.30 bits per heavy atom. The summed E-state index contributed by atoms with van der Waals surface area (Å²) in [5, 5.41) is 3.60. The van der Waals surface area contributed by atoms with Gasteiger partial charge in [0.15, 0.2) is 5.13 Å². The molecular formula is C19H25N5O2S. The van der Waals surface area contributed by atoms with E-state index in [1.165, 1.54) is 0 Å². The Morgan fingerprint density at radius 3 is 2.67 bits per heavy atom. The standard InChI is InChI=1S/C19H25N5O2S/c1-5-23(6-2)19-21-11-15(27-19)17-22(4)18(26)13-9-7-8-10-14(13)24(17)12-16(25)20-3/h7-11,17H,5-6,12H2,1-4H3,(H,20,25). The quantitative estimate of drug-likeness (QED) is 0.824. The number of rotatable bonds is 6. The zero-order chi connectivity index (χ0) is 19.6. The smallest absolute Gasteiger partial charge is 0.257 e. The van der Waals surface area contributed by atoms with Crippen molar-refractivity contribution in [3.63, 3.8) is 0 Å². The lowest BCUT2D eigenvalue weighted by Gasteiger charge is -2.43. The summed E-state index contributed by atoms with van der Waals surface area (Å²) in [5.74, 6) is -0.160. The average molecular weight is 388 g/mol. The minimum atomic E-state index is -0.369. The molecule has 7 nitrogen and oxygen atoms in total. The highest BCUT2D eigenvalue weighted by molar-refractivity contribution is 7.15. The molecule has 8 heteroatoms. The maximum absolute atomic E-state index is 12.9. The van der Waals surface area contributed by atoms with E-state index in [2.05, 4.69) is 29.0 Å². The summed E-state index contributed by atoms with van der Waals surface area (Å²) in [7, 11) is 3.39. The maximum atomic E-state index is 12.9. The van der Waals surface area contributed by atoms with Crippen LogP contribution in [0, 0.1) is 0 Å². The number of likely N-dealkylation sites (N-methyl/N-ethyl adjacent to an activating group) is 1. The molecular weight excluding hydrogens is 362 g/mol. The zero-order valence-electron chi connectivity index (χ0n) is 16.1. The number of thiazole rings is 1. The highest BCUT2D eigenvalue weighted by Crippen LogP contribution is 2.40. The van der Waals surface area contributed by atoms with Gasteiger partial charge in [0.05, 0.1) is 22.7 Å². The Kier molecular flexibility index (Phi) is 5.65. The van der Waals surface area contributed by atoms with Crippen molar-refractivity contribution in [3.8, 4) is 0 Å². The van der Waals surface area contributed by atoms with Crippen molar-refractivity contribution in [2.75, 3.05) is 43.5 Å². The number of para-hydroxylation sites is 1. The Hall–Kier alpha value is -2.61. The molecule has 0 saturated heterocycles. The molecule has 3 rings (SSSR count). The van der Waals surface area contributed by atoms with E-state index >= 15 is 0 Å². The van der Waals surface area contributed by atoms with E-state index in [-0.39, 0.29) is 24.5 Å². The van der Waals surface area contributed by atoms with Crippen LogP contribution in [0.4, 0.5) is 10.8 Å². The van der Waals surface area contributed by atoms with Gasteiger partial charge in [-0.25, -0.2) is 4.98 Å². The number of anilines is 2. The largest absolute Gasteiger partial charge is 0.358 e. The highest BCUT2D eigenvalue weighted by atomic mass is 32.1. The van der Waals surface area contributed by atoms with Gasteiger partial charge in [0.1, 0.15) is 6.17 Å². The van der Waals surface area contributed by atoms with Gasteiger partial charge in [0, 0.05) is 33.4 Å². The first kappa shape index (κ1) is 19.2. The summed E-state index contributed by atoms with van der Waals surface area (Å²) in [6.45, 7) is 6.08. The Balaban J connectivity index is 2.06. The van der Waals surface area contributed by atoms with Crippen LogP contribution in [0.1, 0.15) is 35.2 Å². The molecule has 1 aromatic carbocycles. The van der Waals surface area contributed by atoms with Crippen LogP contribution in [0.25, 0.3) is 0 Å². The van der Waals surface area contributed by atoms with Crippen LogP contribution < -0.4 is 15.1 Å². The van der Waals surface area contributed by atoms with Crippen LogP contribution in [0.5, 0.6) is 0 Å². The molecule has 1 aromatic heterocycles. The number of hydrogen-bond donors (Lipinski definition) is 1. The molecule has 0 saturated carbocycles. The fraction of sp³-hybridized carbons (Fsp3) is 0.421. The van der Waals surface area contributed by atoms with Crippen molar-refractivity contribution >= 4 is 34.0 Å². The van der Waals surface area contributed by atoms with Crippen molar-refractivity contribution in [1.82, 2.24) is 15.2 Å². The molecule has 2 aromatic rings. The molecule has 0 bridgehead atoms. The van der Waals surface area contributed by atoms with Gasteiger partial charge in [-0.3, -0.25) is 9.59 Å². The first-order chi connectivity index (χ1) is 13.0. The van der Waals surface area contributed by atoms with Gasteiger partial charge in [-0.05, 0) is 26.0 Å². The fourth-order valence-corrected chi connectivity index (χ4v) is 4.53. The highest BCUT2D eigenvalue weighted by Gasteiger charge is 2.38. The second kappa shape index (κ2) is 7.96. The van der Waals surface area contributed by atoms with Crippen LogP contribution in [0.2, 0.25) is 0 Å². The average Bonchev–Trinajstić information content (AvgIpc) is 3.16. The normalized spacial score (nSPS) is 16.3. The lowest BCUT2D eigenvalue weighted by Crippen LogP contribution is -2.50. The topological polar surface area (TPSA) is 68.8 Å². The molecule has 0 aliphatic carbocycles. The van der Waals surface area contributed by atoms with Gasteiger partial charge in [-0.15, -0.1) is 0 Å². The molecule has 1 unspecified atom stereocenters. The molecule has 1 aliphatic rings. The molecule has 1 atom stereocenters. The lowest BCUT2D eigenvalue weighted by molar-refractivity contribution is -0.119. The lowest BCUT2D eigenvalue weighted by atomic mass is 10.1. The van der Waals surface area contributed by atoms with Gasteiger partial charge in [0.25, 0.3) is 5.91 Å². The molecule has 1 aliphatic heterocycles. The summed E-state index contributed by atoms with van der Waals surface area (Å²) in [5.41, 5.74) is 1.38. The molecule has 0 radical (unpaired) electrons. The number of hydrogen-bond acceptors (Lipinski definition) is 6. The van der Waals surface area contributed by atoms with Crippen molar-refractivity contribution in [3.05, 3.63) is 40.9 Å². The molecule has 0 spiro atoms. The number of carbonyl (C=O) groups is 2. The van der Waals surface area contributed by atoms with Crippen LogP contribution >= 0.6 is 11.3 Å². The zero-order valence-corrected chi connectivity index (χ0v) is 16.9.